The molecule has 1 aliphatic heterocycles. The standard InChI is InChI=1S/C12H15FO4/c13-10-9(17-12(15)11(10)14)7-16-6-8-4-2-1-3-5-8/h1-5,9-12,14-15H,6-7H2/t9-,10-,11+,12+/m1/s1. The Morgan fingerprint density at radius 3 is 2.53 bits per heavy atom. The molecular weight excluding hydrogens is 227 g/mol. The molecule has 1 aromatic rings. The van der Waals surface area contributed by atoms with E-state index in [9.17, 15) is 4.39 Å². The molecule has 4 atom stereocenters. The van der Waals surface area contributed by atoms with E-state index in [-0.39, 0.29) is 6.61 Å². The molecule has 1 saturated heterocycles. The molecule has 0 aliphatic carbocycles. The van der Waals surface area contributed by atoms with Crippen molar-refractivity contribution in [2.75, 3.05) is 6.61 Å². The van der Waals surface area contributed by atoms with Gasteiger partial charge in [-0.1, -0.05) is 30.3 Å². The molecule has 2 N–H and O–H groups in total. The molecular formula is C12H15FO4. The summed E-state index contributed by atoms with van der Waals surface area (Å²) < 4.78 is 23.5. The monoisotopic (exact) mass is 242 g/mol. The van der Waals surface area contributed by atoms with Gasteiger partial charge in [-0.25, -0.2) is 4.39 Å². The molecule has 0 aromatic heterocycles. The minimum absolute atomic E-state index is 0.00415. The molecule has 0 unspecified atom stereocenters. The molecule has 1 fully saturated rings. The number of aliphatic hydroxyl groups is 2. The van der Waals surface area contributed by atoms with E-state index in [1.807, 2.05) is 30.3 Å². The van der Waals surface area contributed by atoms with Crippen molar-refractivity contribution in [1.29, 1.82) is 0 Å². The second-order valence-corrected chi connectivity index (χ2v) is 4.00. The summed E-state index contributed by atoms with van der Waals surface area (Å²) in [6.07, 6.45) is -5.47. The molecule has 0 bridgehead atoms. The van der Waals surface area contributed by atoms with Crippen LogP contribution in [0.25, 0.3) is 0 Å². The van der Waals surface area contributed by atoms with E-state index < -0.39 is 24.7 Å². The van der Waals surface area contributed by atoms with E-state index in [2.05, 4.69) is 0 Å². The van der Waals surface area contributed by atoms with Crippen LogP contribution < -0.4 is 0 Å². The molecule has 2 rings (SSSR count). The third-order valence-electron chi connectivity index (χ3n) is 2.68. The molecule has 0 saturated carbocycles. The van der Waals surface area contributed by atoms with Gasteiger partial charge in [-0.2, -0.15) is 0 Å². The maximum atomic E-state index is 13.3. The fourth-order valence-electron chi connectivity index (χ4n) is 1.71. The van der Waals surface area contributed by atoms with E-state index in [0.717, 1.165) is 5.56 Å². The minimum atomic E-state index is -1.61. The Bertz CT molecular complexity index is 346. The second kappa shape index (κ2) is 5.55. The average Bonchev–Trinajstić information content (AvgIpc) is 2.59. The summed E-state index contributed by atoms with van der Waals surface area (Å²) in [5.41, 5.74) is 0.974. The molecule has 0 radical (unpaired) electrons. The summed E-state index contributed by atoms with van der Waals surface area (Å²) in [6, 6.07) is 9.46. The lowest BCUT2D eigenvalue weighted by atomic mass is 10.2. The zero-order valence-corrected chi connectivity index (χ0v) is 9.20. The Morgan fingerprint density at radius 2 is 1.94 bits per heavy atom. The number of hydrogen-bond donors (Lipinski definition) is 2. The first-order chi connectivity index (χ1) is 8.18. The van der Waals surface area contributed by atoms with Crippen molar-refractivity contribution in [1.82, 2.24) is 0 Å². The molecule has 4 nitrogen and oxygen atoms in total. The number of rotatable bonds is 4. The predicted octanol–water partition coefficient (Wildman–Crippen LogP) is 0.619. The largest absolute Gasteiger partial charge is 0.385 e. The summed E-state index contributed by atoms with van der Waals surface area (Å²) in [4.78, 5) is 0. The molecule has 0 spiro atoms. The van der Waals surface area contributed by atoms with Gasteiger partial charge in [-0.05, 0) is 5.56 Å². The van der Waals surface area contributed by atoms with Gasteiger partial charge in [0.05, 0.1) is 13.2 Å². The summed E-state index contributed by atoms with van der Waals surface area (Å²) in [5.74, 6) is 0. The van der Waals surface area contributed by atoms with E-state index >= 15 is 0 Å². The first-order valence-corrected chi connectivity index (χ1v) is 5.46. The average molecular weight is 242 g/mol. The van der Waals surface area contributed by atoms with Crippen LogP contribution in [0.1, 0.15) is 5.56 Å². The van der Waals surface area contributed by atoms with Crippen LogP contribution in [-0.2, 0) is 16.1 Å². The predicted molar refractivity (Wildman–Crippen MR) is 57.9 cm³/mol. The summed E-state index contributed by atoms with van der Waals surface area (Å²) in [5, 5.41) is 18.2. The van der Waals surface area contributed by atoms with E-state index in [4.69, 9.17) is 19.7 Å². The van der Waals surface area contributed by atoms with Gasteiger partial charge in [0.25, 0.3) is 0 Å². The van der Waals surface area contributed by atoms with Crippen molar-refractivity contribution in [2.45, 2.75) is 31.3 Å². The molecule has 5 heteroatoms. The number of alkyl halides is 1. The van der Waals surface area contributed by atoms with Crippen molar-refractivity contribution in [2.24, 2.45) is 0 Å². The first-order valence-electron chi connectivity index (χ1n) is 5.46. The molecule has 1 aromatic carbocycles. The molecule has 94 valence electrons. The third-order valence-corrected chi connectivity index (χ3v) is 2.68. The fourth-order valence-corrected chi connectivity index (χ4v) is 1.71. The van der Waals surface area contributed by atoms with Crippen LogP contribution in [0, 0.1) is 0 Å². The van der Waals surface area contributed by atoms with Gasteiger partial charge in [-0.3, -0.25) is 0 Å². The van der Waals surface area contributed by atoms with Crippen LogP contribution in [0.5, 0.6) is 0 Å². The van der Waals surface area contributed by atoms with Gasteiger partial charge in [0.15, 0.2) is 12.5 Å². The zero-order chi connectivity index (χ0) is 12.3. The summed E-state index contributed by atoms with van der Waals surface area (Å²) >= 11 is 0. The van der Waals surface area contributed by atoms with Crippen LogP contribution >= 0.6 is 0 Å². The Hall–Kier alpha value is -1.01. The lowest BCUT2D eigenvalue weighted by molar-refractivity contribution is -0.137. The third kappa shape index (κ3) is 3.01. The SMILES string of the molecule is O[C@H]1[C@H](F)[C@@H](COCc2ccccc2)O[C@@H]1O. The highest BCUT2D eigenvalue weighted by molar-refractivity contribution is 5.13. The van der Waals surface area contributed by atoms with Gasteiger partial charge in [0.2, 0.25) is 0 Å². The fraction of sp³-hybridized carbons (Fsp3) is 0.500. The van der Waals surface area contributed by atoms with Crippen LogP contribution in [0.2, 0.25) is 0 Å². The smallest absolute Gasteiger partial charge is 0.184 e. The van der Waals surface area contributed by atoms with Crippen molar-refractivity contribution in [3.05, 3.63) is 35.9 Å². The zero-order valence-electron chi connectivity index (χ0n) is 9.20. The Morgan fingerprint density at radius 1 is 1.24 bits per heavy atom. The van der Waals surface area contributed by atoms with E-state index in [1.54, 1.807) is 0 Å². The number of aliphatic hydroxyl groups excluding tert-OH is 2. The molecule has 0 amide bonds. The van der Waals surface area contributed by atoms with E-state index in [1.165, 1.54) is 0 Å². The van der Waals surface area contributed by atoms with Crippen LogP contribution in [0.15, 0.2) is 30.3 Å². The Kier molecular flexibility index (Phi) is 4.06. The quantitative estimate of drug-likeness (QED) is 0.812. The van der Waals surface area contributed by atoms with Crippen LogP contribution in [0.3, 0.4) is 0 Å². The van der Waals surface area contributed by atoms with Crippen molar-refractivity contribution in [3.8, 4) is 0 Å². The topological polar surface area (TPSA) is 58.9 Å². The van der Waals surface area contributed by atoms with Gasteiger partial charge in [-0.15, -0.1) is 0 Å². The maximum absolute atomic E-state index is 13.3. The Balaban J connectivity index is 1.76. The Labute approximate surface area is 98.6 Å². The van der Waals surface area contributed by atoms with Gasteiger partial charge in [0, 0.05) is 0 Å². The lowest BCUT2D eigenvalue weighted by Gasteiger charge is -2.12. The normalized spacial score (nSPS) is 32.9. The van der Waals surface area contributed by atoms with Gasteiger partial charge < -0.3 is 19.7 Å². The molecule has 1 aliphatic rings. The number of hydrogen-bond acceptors (Lipinski definition) is 4. The number of benzene rings is 1. The van der Waals surface area contributed by atoms with Gasteiger partial charge in [0.1, 0.15) is 12.2 Å². The van der Waals surface area contributed by atoms with Crippen molar-refractivity contribution in [3.63, 3.8) is 0 Å². The highest BCUT2D eigenvalue weighted by Crippen LogP contribution is 2.22. The number of halogens is 1. The molecule has 17 heavy (non-hydrogen) atoms. The summed E-state index contributed by atoms with van der Waals surface area (Å²) in [6.45, 7) is 0.351. The first kappa shape index (κ1) is 12.4. The van der Waals surface area contributed by atoms with Gasteiger partial charge >= 0.3 is 0 Å². The second-order valence-electron chi connectivity index (χ2n) is 4.00. The van der Waals surface area contributed by atoms with Crippen LogP contribution in [0.4, 0.5) is 4.39 Å². The lowest BCUT2D eigenvalue weighted by Crippen LogP contribution is -2.30. The minimum Gasteiger partial charge on any atom is -0.385 e. The highest BCUT2D eigenvalue weighted by Gasteiger charge is 2.43. The van der Waals surface area contributed by atoms with Crippen LogP contribution in [-0.4, -0.2) is 41.5 Å². The molecule has 1 heterocycles. The van der Waals surface area contributed by atoms with Crippen molar-refractivity contribution >= 4 is 0 Å². The summed E-state index contributed by atoms with van der Waals surface area (Å²) in [7, 11) is 0. The maximum Gasteiger partial charge on any atom is 0.184 e. The number of ether oxygens (including phenoxy) is 2. The highest BCUT2D eigenvalue weighted by atomic mass is 19.1. The van der Waals surface area contributed by atoms with Crippen molar-refractivity contribution < 1.29 is 24.1 Å². The van der Waals surface area contributed by atoms with E-state index in [0.29, 0.717) is 6.61 Å².